The average molecular weight is 347 g/mol. The molecule has 130 valence electrons. The maximum atomic E-state index is 12.2. The molecule has 0 unspecified atom stereocenters. The molecule has 0 fully saturated rings. The summed E-state index contributed by atoms with van der Waals surface area (Å²) in [5.41, 5.74) is 2.03. The number of benzene rings is 2. The fourth-order valence-electron chi connectivity index (χ4n) is 2.89. The van der Waals surface area contributed by atoms with Crippen LogP contribution < -0.4 is 10.1 Å². The molecule has 0 aliphatic rings. The zero-order valence-corrected chi connectivity index (χ0v) is 14.4. The Kier molecular flexibility index (Phi) is 3.97. The minimum Gasteiger partial charge on any atom is -0.495 e. The van der Waals surface area contributed by atoms with Crippen LogP contribution in [0.5, 0.6) is 5.75 Å². The molecule has 0 aliphatic heterocycles. The van der Waals surface area contributed by atoms with E-state index in [4.69, 9.17) is 13.6 Å². The number of methoxy groups -OCH3 is 1. The van der Waals surface area contributed by atoms with Crippen molar-refractivity contribution in [3.63, 3.8) is 0 Å². The topological polar surface area (TPSA) is 64.6 Å². The number of aryl methyl sites for hydroxylation is 1. The molecule has 2 aromatic heterocycles. The molecule has 0 bridgehead atoms. The summed E-state index contributed by atoms with van der Waals surface area (Å²) >= 11 is 0. The van der Waals surface area contributed by atoms with Gasteiger partial charge in [-0.3, -0.25) is 4.79 Å². The molecule has 0 radical (unpaired) electrons. The van der Waals surface area contributed by atoms with Crippen LogP contribution in [0.1, 0.15) is 11.5 Å². The molecule has 4 aromatic rings. The monoisotopic (exact) mass is 347 g/mol. The van der Waals surface area contributed by atoms with Crippen molar-refractivity contribution >= 4 is 39.6 Å². The molecule has 5 heteroatoms. The van der Waals surface area contributed by atoms with Crippen LogP contribution in [0.25, 0.3) is 28.0 Å². The first-order valence-corrected chi connectivity index (χ1v) is 8.19. The van der Waals surface area contributed by atoms with Crippen molar-refractivity contribution in [1.29, 1.82) is 0 Å². The highest BCUT2D eigenvalue weighted by atomic mass is 16.5. The number of ether oxygens (including phenoxy) is 1. The zero-order chi connectivity index (χ0) is 18.1. The molecule has 0 aliphatic carbocycles. The highest BCUT2D eigenvalue weighted by molar-refractivity contribution is 6.09. The van der Waals surface area contributed by atoms with Crippen LogP contribution >= 0.6 is 0 Å². The molecule has 1 N–H and O–H groups in total. The summed E-state index contributed by atoms with van der Waals surface area (Å²) in [6.45, 7) is 1.85. The molecule has 0 atom stereocenters. The Morgan fingerprint density at radius 1 is 1.04 bits per heavy atom. The third kappa shape index (κ3) is 2.95. The van der Waals surface area contributed by atoms with Gasteiger partial charge in [0.15, 0.2) is 0 Å². The van der Waals surface area contributed by atoms with Gasteiger partial charge in [0.25, 0.3) is 0 Å². The van der Waals surface area contributed by atoms with Crippen LogP contribution in [-0.2, 0) is 4.79 Å². The maximum absolute atomic E-state index is 12.2. The van der Waals surface area contributed by atoms with E-state index in [0.29, 0.717) is 22.8 Å². The number of rotatable bonds is 4. The predicted octanol–water partition coefficient (Wildman–Crippen LogP) is 5.15. The Balaban J connectivity index is 1.65. The molecular weight excluding hydrogens is 330 g/mol. The molecule has 2 aromatic carbocycles. The van der Waals surface area contributed by atoms with Crippen molar-refractivity contribution in [1.82, 2.24) is 0 Å². The zero-order valence-electron chi connectivity index (χ0n) is 14.4. The Morgan fingerprint density at radius 3 is 2.65 bits per heavy atom. The van der Waals surface area contributed by atoms with Gasteiger partial charge in [0.05, 0.1) is 12.8 Å². The van der Waals surface area contributed by atoms with Crippen LogP contribution in [0, 0.1) is 6.92 Å². The highest BCUT2D eigenvalue weighted by Crippen LogP contribution is 2.36. The van der Waals surface area contributed by atoms with E-state index >= 15 is 0 Å². The Hall–Kier alpha value is -3.47. The van der Waals surface area contributed by atoms with E-state index in [1.54, 1.807) is 25.3 Å². The first-order chi connectivity index (χ1) is 12.6. The smallest absolute Gasteiger partial charge is 0.248 e. The number of fused-ring (bicyclic) bond motifs is 3. The molecule has 1 amide bonds. The normalized spacial score (nSPS) is 11.5. The van der Waals surface area contributed by atoms with Gasteiger partial charge in [-0.15, -0.1) is 0 Å². The van der Waals surface area contributed by atoms with Crippen molar-refractivity contribution in [2.45, 2.75) is 6.92 Å². The minimum atomic E-state index is -0.284. The third-order valence-corrected chi connectivity index (χ3v) is 4.12. The lowest BCUT2D eigenvalue weighted by molar-refractivity contribution is -0.111. The summed E-state index contributed by atoms with van der Waals surface area (Å²) < 4.78 is 16.7. The number of hydrogen-bond donors (Lipinski definition) is 1. The van der Waals surface area contributed by atoms with Crippen molar-refractivity contribution in [2.75, 3.05) is 12.4 Å². The molecule has 2 heterocycles. The largest absolute Gasteiger partial charge is 0.495 e. The molecule has 0 saturated carbocycles. The fourth-order valence-corrected chi connectivity index (χ4v) is 2.89. The second-order valence-corrected chi connectivity index (χ2v) is 5.92. The number of amides is 1. The van der Waals surface area contributed by atoms with Gasteiger partial charge in [-0.25, -0.2) is 0 Å². The van der Waals surface area contributed by atoms with E-state index in [-0.39, 0.29) is 5.91 Å². The van der Waals surface area contributed by atoms with Crippen LogP contribution in [0.2, 0.25) is 0 Å². The quantitative estimate of drug-likeness (QED) is 0.519. The molecule has 5 nitrogen and oxygen atoms in total. The van der Waals surface area contributed by atoms with Crippen LogP contribution in [0.3, 0.4) is 0 Å². The number of nitrogens with one attached hydrogen (secondary N) is 1. The summed E-state index contributed by atoms with van der Waals surface area (Å²) in [7, 11) is 1.57. The number of hydrogen-bond acceptors (Lipinski definition) is 4. The van der Waals surface area contributed by atoms with Crippen molar-refractivity contribution in [3.8, 4) is 5.75 Å². The van der Waals surface area contributed by atoms with Gasteiger partial charge in [-0.2, -0.15) is 0 Å². The van der Waals surface area contributed by atoms with Crippen LogP contribution in [0.15, 0.2) is 63.4 Å². The molecular formula is C21H17NO4. The van der Waals surface area contributed by atoms with Crippen LogP contribution in [-0.4, -0.2) is 13.0 Å². The SMILES string of the molecule is COc1cc2c(cc1NC(=O)C=Cc1ccc(C)o1)oc1ccccc12. The van der Waals surface area contributed by atoms with E-state index in [9.17, 15) is 4.79 Å². The standard InChI is InChI=1S/C21H17NO4/c1-13-7-8-14(25-13)9-10-21(23)22-17-12-19-16(11-20(17)24-2)15-5-3-4-6-18(15)26-19/h3-12H,1-2H3,(H,22,23). The summed E-state index contributed by atoms with van der Waals surface area (Å²) in [6, 6.07) is 15.1. The summed E-state index contributed by atoms with van der Waals surface area (Å²) in [6.07, 6.45) is 3.04. The second-order valence-electron chi connectivity index (χ2n) is 5.92. The van der Waals surface area contributed by atoms with Gasteiger partial charge >= 0.3 is 0 Å². The molecule has 0 spiro atoms. The van der Waals surface area contributed by atoms with E-state index in [1.165, 1.54) is 6.08 Å². The first kappa shape index (κ1) is 16.0. The molecule has 26 heavy (non-hydrogen) atoms. The van der Waals surface area contributed by atoms with Crippen molar-refractivity contribution in [3.05, 3.63) is 66.1 Å². The minimum absolute atomic E-state index is 0.284. The van der Waals surface area contributed by atoms with Gasteiger partial charge in [0, 0.05) is 22.9 Å². The Morgan fingerprint density at radius 2 is 1.88 bits per heavy atom. The van der Waals surface area contributed by atoms with Gasteiger partial charge in [-0.1, -0.05) is 18.2 Å². The van der Waals surface area contributed by atoms with E-state index in [1.807, 2.05) is 43.3 Å². The van der Waals surface area contributed by atoms with Crippen molar-refractivity contribution in [2.24, 2.45) is 0 Å². The van der Waals surface area contributed by atoms with Gasteiger partial charge in [-0.05, 0) is 37.3 Å². The second kappa shape index (κ2) is 6.44. The fraction of sp³-hybridized carbons (Fsp3) is 0.0952. The average Bonchev–Trinajstić information content (AvgIpc) is 3.22. The van der Waals surface area contributed by atoms with Crippen LogP contribution in [0.4, 0.5) is 5.69 Å². The number of furan rings is 2. The molecule has 0 saturated heterocycles. The Bertz CT molecular complexity index is 1130. The highest BCUT2D eigenvalue weighted by Gasteiger charge is 2.13. The summed E-state index contributed by atoms with van der Waals surface area (Å²) in [4.78, 5) is 12.2. The lowest BCUT2D eigenvalue weighted by atomic mass is 10.1. The number of anilines is 1. The summed E-state index contributed by atoms with van der Waals surface area (Å²) in [5.74, 6) is 1.70. The van der Waals surface area contributed by atoms with Gasteiger partial charge < -0.3 is 18.9 Å². The lowest BCUT2D eigenvalue weighted by Crippen LogP contribution is -2.08. The number of carbonyl (C=O) groups excluding carboxylic acids is 1. The lowest BCUT2D eigenvalue weighted by Gasteiger charge is -2.08. The van der Waals surface area contributed by atoms with Crippen molar-refractivity contribution < 1.29 is 18.4 Å². The van der Waals surface area contributed by atoms with Gasteiger partial charge in [0.2, 0.25) is 5.91 Å². The number of carbonyl (C=O) groups is 1. The maximum Gasteiger partial charge on any atom is 0.248 e. The van der Waals surface area contributed by atoms with Gasteiger partial charge in [0.1, 0.15) is 28.4 Å². The van der Waals surface area contributed by atoms with E-state index in [2.05, 4.69) is 5.32 Å². The van der Waals surface area contributed by atoms with E-state index < -0.39 is 0 Å². The summed E-state index contributed by atoms with van der Waals surface area (Å²) in [5, 5.41) is 4.77. The Labute approximate surface area is 149 Å². The molecule has 4 rings (SSSR count). The third-order valence-electron chi connectivity index (χ3n) is 4.12. The van der Waals surface area contributed by atoms with E-state index in [0.717, 1.165) is 22.1 Å². The predicted molar refractivity (Wildman–Crippen MR) is 101 cm³/mol. The number of para-hydroxylation sites is 1. The first-order valence-electron chi connectivity index (χ1n) is 8.19.